The van der Waals surface area contributed by atoms with Crippen LogP contribution in [0, 0.1) is 0 Å². The topological polar surface area (TPSA) is 46.1 Å². The summed E-state index contributed by atoms with van der Waals surface area (Å²) in [5.41, 5.74) is 0. The van der Waals surface area contributed by atoms with Crippen molar-refractivity contribution in [1.29, 1.82) is 0 Å². The number of hydrogen-bond donors (Lipinski definition) is 1. The van der Waals surface area contributed by atoms with Crippen molar-refractivity contribution < 1.29 is 9.47 Å². The van der Waals surface area contributed by atoms with Crippen molar-refractivity contribution in [3.05, 3.63) is 30.3 Å². The van der Waals surface area contributed by atoms with Gasteiger partial charge in [-0.1, -0.05) is 18.2 Å². The highest BCUT2D eigenvalue weighted by Crippen LogP contribution is 2.34. The first kappa shape index (κ1) is 19.9. The minimum absolute atomic E-state index is 0.209. The molecule has 1 fully saturated rings. The summed E-state index contributed by atoms with van der Waals surface area (Å²) >= 11 is 1.92. The quantitative estimate of drug-likeness (QED) is 0.567. The number of likely N-dealkylation sites (N-methyl/N-ethyl adjacent to an activating group) is 1. The second-order valence-electron chi connectivity index (χ2n) is 6.25. The predicted octanol–water partition coefficient (Wildman–Crippen LogP) is 2.87. The molecule has 5 nitrogen and oxygen atoms in total. The smallest absolute Gasteiger partial charge is 0.193 e. The lowest BCUT2D eigenvalue weighted by molar-refractivity contribution is 0.0793. The molecule has 1 aliphatic rings. The van der Waals surface area contributed by atoms with Crippen LogP contribution in [0.5, 0.6) is 5.75 Å². The Morgan fingerprint density at radius 2 is 2.04 bits per heavy atom. The van der Waals surface area contributed by atoms with Gasteiger partial charge in [0.15, 0.2) is 5.96 Å². The minimum Gasteiger partial charge on any atom is -0.492 e. The third-order valence-electron chi connectivity index (χ3n) is 4.49. The largest absolute Gasteiger partial charge is 0.492 e. The third-order valence-corrected chi connectivity index (χ3v) is 5.89. The summed E-state index contributed by atoms with van der Waals surface area (Å²) in [5, 5.41) is 3.39. The van der Waals surface area contributed by atoms with Crippen molar-refractivity contribution in [2.45, 2.75) is 24.5 Å². The van der Waals surface area contributed by atoms with Crippen LogP contribution in [0.2, 0.25) is 0 Å². The van der Waals surface area contributed by atoms with Gasteiger partial charge in [0.05, 0.1) is 13.1 Å². The van der Waals surface area contributed by atoms with Gasteiger partial charge >= 0.3 is 0 Å². The van der Waals surface area contributed by atoms with Crippen LogP contribution in [-0.2, 0) is 4.74 Å². The van der Waals surface area contributed by atoms with Crippen molar-refractivity contribution in [2.75, 3.05) is 52.8 Å². The highest BCUT2D eigenvalue weighted by atomic mass is 32.2. The zero-order valence-corrected chi connectivity index (χ0v) is 16.5. The van der Waals surface area contributed by atoms with Crippen LogP contribution in [0.1, 0.15) is 19.8 Å². The number of nitrogens with one attached hydrogen (secondary N) is 1. The number of aliphatic imine (C=N–C) groups is 1. The molecular formula is C19H31N3O2S. The van der Waals surface area contributed by atoms with Crippen LogP contribution < -0.4 is 10.1 Å². The Hall–Kier alpha value is -1.40. The predicted molar refractivity (Wildman–Crippen MR) is 107 cm³/mol. The Kier molecular flexibility index (Phi) is 8.41. The van der Waals surface area contributed by atoms with E-state index >= 15 is 0 Å². The number of ether oxygens (including phenoxy) is 2. The monoisotopic (exact) mass is 365 g/mol. The number of benzene rings is 1. The Morgan fingerprint density at radius 1 is 1.32 bits per heavy atom. The van der Waals surface area contributed by atoms with E-state index in [0.29, 0.717) is 6.61 Å². The normalized spacial score (nSPS) is 17.2. The molecule has 1 aliphatic heterocycles. The minimum atomic E-state index is 0.209. The molecule has 0 unspecified atom stereocenters. The highest BCUT2D eigenvalue weighted by Gasteiger charge is 2.31. The van der Waals surface area contributed by atoms with Crippen molar-refractivity contribution >= 4 is 17.7 Å². The molecule has 1 heterocycles. The average molecular weight is 366 g/mol. The second kappa shape index (κ2) is 10.6. The number of para-hydroxylation sites is 1. The Labute approximate surface area is 156 Å². The molecule has 2 rings (SSSR count). The van der Waals surface area contributed by atoms with Gasteiger partial charge in [-0.25, -0.2) is 0 Å². The molecule has 0 saturated carbocycles. The van der Waals surface area contributed by atoms with Crippen LogP contribution in [0.25, 0.3) is 0 Å². The molecule has 1 N–H and O–H groups in total. The van der Waals surface area contributed by atoms with E-state index in [1.807, 2.05) is 42.1 Å². The van der Waals surface area contributed by atoms with Crippen molar-refractivity contribution in [3.8, 4) is 5.75 Å². The first-order chi connectivity index (χ1) is 12.2. The van der Waals surface area contributed by atoms with Gasteiger partial charge in [0.2, 0.25) is 0 Å². The summed E-state index contributed by atoms with van der Waals surface area (Å²) in [4.78, 5) is 7.04. The lowest BCUT2D eigenvalue weighted by atomic mass is 9.99. The first-order valence-corrected chi connectivity index (χ1v) is 10.2. The zero-order valence-electron chi connectivity index (χ0n) is 15.7. The molecule has 0 spiro atoms. The van der Waals surface area contributed by atoms with Crippen molar-refractivity contribution in [2.24, 2.45) is 4.99 Å². The average Bonchev–Trinajstić information content (AvgIpc) is 2.66. The molecule has 1 saturated heterocycles. The molecule has 1 aromatic rings. The summed E-state index contributed by atoms with van der Waals surface area (Å²) in [6.07, 6.45) is 4.32. The van der Waals surface area contributed by atoms with Gasteiger partial charge in [-0.2, -0.15) is 11.8 Å². The SMILES string of the molecule is CCNC(=NCC1(SC)CCOCC1)N(C)CCOc1ccccc1. The van der Waals surface area contributed by atoms with Gasteiger partial charge in [-0.05, 0) is 38.2 Å². The van der Waals surface area contributed by atoms with Gasteiger partial charge in [0, 0.05) is 31.6 Å². The number of guanidine groups is 1. The van der Waals surface area contributed by atoms with Gasteiger partial charge in [-0.15, -0.1) is 0 Å². The maximum atomic E-state index is 5.80. The molecule has 6 heteroatoms. The fraction of sp³-hybridized carbons (Fsp3) is 0.632. The Balaban J connectivity index is 1.88. The highest BCUT2D eigenvalue weighted by molar-refractivity contribution is 8.00. The van der Waals surface area contributed by atoms with Crippen LogP contribution >= 0.6 is 11.8 Å². The molecule has 0 aromatic heterocycles. The van der Waals surface area contributed by atoms with Crippen LogP contribution in [0.3, 0.4) is 0 Å². The third kappa shape index (κ3) is 6.44. The number of hydrogen-bond acceptors (Lipinski definition) is 4. The van der Waals surface area contributed by atoms with E-state index in [1.54, 1.807) is 0 Å². The van der Waals surface area contributed by atoms with E-state index in [-0.39, 0.29) is 4.75 Å². The zero-order chi connectivity index (χ0) is 18.0. The van der Waals surface area contributed by atoms with E-state index in [1.165, 1.54) is 0 Å². The fourth-order valence-electron chi connectivity index (χ4n) is 2.78. The lowest BCUT2D eigenvalue weighted by Crippen LogP contribution is -2.43. The summed E-state index contributed by atoms with van der Waals surface area (Å²) in [6, 6.07) is 9.92. The molecule has 140 valence electrons. The number of thioether (sulfide) groups is 1. The molecule has 0 aliphatic carbocycles. The summed E-state index contributed by atoms with van der Waals surface area (Å²) in [6.45, 7) is 6.88. The maximum absolute atomic E-state index is 5.80. The van der Waals surface area contributed by atoms with Gasteiger partial charge in [-0.3, -0.25) is 4.99 Å². The summed E-state index contributed by atoms with van der Waals surface area (Å²) in [5.74, 6) is 1.85. The molecule has 0 radical (unpaired) electrons. The fourth-order valence-corrected chi connectivity index (χ4v) is 3.55. The summed E-state index contributed by atoms with van der Waals surface area (Å²) in [7, 11) is 2.06. The Morgan fingerprint density at radius 3 is 2.68 bits per heavy atom. The molecule has 0 bridgehead atoms. The van der Waals surface area contributed by atoms with E-state index in [2.05, 4.69) is 30.4 Å². The second-order valence-corrected chi connectivity index (χ2v) is 7.53. The molecule has 1 aromatic carbocycles. The Bertz CT molecular complexity index is 519. The van der Waals surface area contributed by atoms with E-state index < -0.39 is 0 Å². The standard InChI is InChI=1S/C19H31N3O2S/c1-4-20-18(21-16-19(25-3)10-13-23-14-11-19)22(2)12-15-24-17-8-6-5-7-9-17/h5-9H,4,10-16H2,1-3H3,(H,20,21). The van der Waals surface area contributed by atoms with Gasteiger partial charge < -0.3 is 19.7 Å². The molecule has 0 amide bonds. The van der Waals surface area contributed by atoms with Crippen LogP contribution in [0.15, 0.2) is 35.3 Å². The van der Waals surface area contributed by atoms with Gasteiger partial charge in [0.1, 0.15) is 12.4 Å². The summed E-state index contributed by atoms with van der Waals surface area (Å²) < 4.78 is 11.5. The molecule has 0 atom stereocenters. The van der Waals surface area contributed by atoms with E-state index in [4.69, 9.17) is 14.5 Å². The number of nitrogens with zero attached hydrogens (tertiary/aromatic N) is 2. The van der Waals surface area contributed by atoms with Crippen molar-refractivity contribution in [3.63, 3.8) is 0 Å². The first-order valence-electron chi connectivity index (χ1n) is 8.99. The lowest BCUT2D eigenvalue weighted by Gasteiger charge is -2.34. The van der Waals surface area contributed by atoms with E-state index in [9.17, 15) is 0 Å². The van der Waals surface area contributed by atoms with Crippen molar-refractivity contribution in [1.82, 2.24) is 10.2 Å². The van der Waals surface area contributed by atoms with Gasteiger partial charge in [0.25, 0.3) is 0 Å². The van der Waals surface area contributed by atoms with E-state index in [0.717, 1.165) is 57.4 Å². The number of rotatable bonds is 8. The maximum Gasteiger partial charge on any atom is 0.193 e. The van der Waals surface area contributed by atoms with Crippen LogP contribution in [-0.4, -0.2) is 68.4 Å². The molecule has 25 heavy (non-hydrogen) atoms. The van der Waals surface area contributed by atoms with Crippen LogP contribution in [0.4, 0.5) is 0 Å². The molecular weight excluding hydrogens is 334 g/mol.